The number of nitrogens with zero attached hydrogens (tertiary/aromatic N) is 1. The van der Waals surface area contributed by atoms with Crippen LogP contribution in [0.15, 0.2) is 8.42 Å². The largest absolute Gasteiger partial charge is 0.223 e. The van der Waals surface area contributed by atoms with Crippen LogP contribution >= 0.6 is 22.9 Å². The van der Waals surface area contributed by atoms with Crippen molar-refractivity contribution in [3.05, 3.63) is 10.6 Å². The van der Waals surface area contributed by atoms with Crippen molar-refractivity contribution in [3.8, 4) is 6.07 Å². The van der Waals surface area contributed by atoms with Crippen LogP contribution in [-0.2, 0) is 19.7 Å². The summed E-state index contributed by atoms with van der Waals surface area (Å²) in [6.45, 7) is 1.41. The first-order chi connectivity index (χ1) is 7.65. The molecule has 94 valence electrons. The van der Waals surface area contributed by atoms with Crippen molar-refractivity contribution in [1.82, 2.24) is 0 Å². The molecule has 0 amide bonds. The van der Waals surface area contributed by atoms with E-state index >= 15 is 0 Å². The SMILES string of the molecule is CCS(=O)(=O)c1sc(S(C)(=O)=O)c(Cl)c1C#N. The van der Waals surface area contributed by atoms with Gasteiger partial charge in [0, 0.05) is 6.26 Å². The molecule has 0 aliphatic carbocycles. The van der Waals surface area contributed by atoms with Crippen LogP contribution in [0.4, 0.5) is 0 Å². The van der Waals surface area contributed by atoms with E-state index in [1.807, 2.05) is 0 Å². The third kappa shape index (κ3) is 2.63. The summed E-state index contributed by atoms with van der Waals surface area (Å²) in [6, 6.07) is 1.63. The third-order valence-corrected chi connectivity index (χ3v) is 7.86. The summed E-state index contributed by atoms with van der Waals surface area (Å²) >= 11 is 6.24. The van der Waals surface area contributed by atoms with Crippen LogP contribution in [0.25, 0.3) is 0 Å². The molecule has 0 aliphatic rings. The average Bonchev–Trinajstić information content (AvgIpc) is 2.55. The maximum atomic E-state index is 11.7. The molecule has 0 spiro atoms. The minimum Gasteiger partial charge on any atom is -0.223 e. The van der Waals surface area contributed by atoms with Gasteiger partial charge in [-0.15, -0.1) is 11.3 Å². The summed E-state index contributed by atoms with van der Waals surface area (Å²) in [5, 5.41) is 8.54. The summed E-state index contributed by atoms with van der Waals surface area (Å²) in [4.78, 5) is 0. The lowest BCUT2D eigenvalue weighted by Gasteiger charge is -1.96. The molecule has 0 bridgehead atoms. The zero-order valence-corrected chi connectivity index (χ0v) is 12.1. The minimum absolute atomic E-state index is 0.221. The summed E-state index contributed by atoms with van der Waals surface area (Å²) in [6.07, 6.45) is 0.911. The molecule has 1 aromatic rings. The quantitative estimate of drug-likeness (QED) is 0.842. The number of hydrogen-bond donors (Lipinski definition) is 0. The van der Waals surface area contributed by atoms with E-state index in [0.29, 0.717) is 11.3 Å². The van der Waals surface area contributed by atoms with Crippen molar-refractivity contribution in [3.63, 3.8) is 0 Å². The second-order valence-corrected chi connectivity index (χ2v) is 9.24. The molecule has 0 radical (unpaired) electrons. The molecular weight excluding hydrogens is 306 g/mol. The molecule has 0 N–H and O–H groups in total. The van der Waals surface area contributed by atoms with Gasteiger partial charge in [0.05, 0.1) is 10.8 Å². The number of nitriles is 1. The van der Waals surface area contributed by atoms with Gasteiger partial charge in [0.1, 0.15) is 20.1 Å². The lowest BCUT2D eigenvalue weighted by Crippen LogP contribution is -2.02. The molecule has 9 heteroatoms. The molecule has 0 atom stereocenters. The number of hydrogen-bond acceptors (Lipinski definition) is 6. The molecule has 0 saturated carbocycles. The molecule has 0 aliphatic heterocycles. The second kappa shape index (κ2) is 4.57. The Morgan fingerprint density at radius 1 is 1.29 bits per heavy atom. The zero-order chi connectivity index (χ0) is 13.4. The fraction of sp³-hybridized carbons (Fsp3) is 0.375. The van der Waals surface area contributed by atoms with Gasteiger partial charge < -0.3 is 0 Å². The van der Waals surface area contributed by atoms with E-state index in [9.17, 15) is 16.8 Å². The molecule has 0 saturated heterocycles. The van der Waals surface area contributed by atoms with Crippen LogP contribution in [0.2, 0.25) is 5.02 Å². The van der Waals surface area contributed by atoms with Crippen LogP contribution in [0, 0.1) is 11.3 Å². The lowest BCUT2D eigenvalue weighted by atomic mass is 10.4. The first kappa shape index (κ1) is 14.4. The van der Waals surface area contributed by atoms with Gasteiger partial charge in [0.15, 0.2) is 19.7 Å². The highest BCUT2D eigenvalue weighted by atomic mass is 35.5. The van der Waals surface area contributed by atoms with E-state index in [-0.39, 0.29) is 24.8 Å². The van der Waals surface area contributed by atoms with Crippen molar-refractivity contribution < 1.29 is 16.8 Å². The predicted molar refractivity (Wildman–Crippen MR) is 64.9 cm³/mol. The molecule has 0 fully saturated rings. The lowest BCUT2D eigenvalue weighted by molar-refractivity contribution is 0.598. The molecule has 17 heavy (non-hydrogen) atoms. The van der Waals surface area contributed by atoms with Crippen LogP contribution < -0.4 is 0 Å². The van der Waals surface area contributed by atoms with E-state index in [0.717, 1.165) is 6.26 Å². The number of halogens is 1. The van der Waals surface area contributed by atoms with Gasteiger partial charge in [-0.25, -0.2) is 16.8 Å². The fourth-order valence-electron chi connectivity index (χ4n) is 1.05. The zero-order valence-electron chi connectivity index (χ0n) is 8.89. The summed E-state index contributed by atoms with van der Waals surface area (Å²) in [7, 11) is -7.30. The van der Waals surface area contributed by atoms with Crippen molar-refractivity contribution >= 4 is 42.6 Å². The van der Waals surface area contributed by atoms with Gasteiger partial charge in [-0.05, 0) is 0 Å². The summed E-state index contributed by atoms with van der Waals surface area (Å²) in [5.74, 6) is -0.221. The van der Waals surface area contributed by atoms with E-state index in [2.05, 4.69) is 0 Å². The van der Waals surface area contributed by atoms with Gasteiger partial charge >= 0.3 is 0 Å². The number of rotatable bonds is 3. The Balaban J connectivity index is 3.75. The highest BCUT2D eigenvalue weighted by Crippen LogP contribution is 2.38. The Kier molecular flexibility index (Phi) is 3.88. The monoisotopic (exact) mass is 313 g/mol. The summed E-state index contributed by atoms with van der Waals surface area (Å²) in [5.41, 5.74) is -0.293. The number of sulfone groups is 2. The van der Waals surface area contributed by atoms with Crippen LogP contribution in [0.5, 0.6) is 0 Å². The molecule has 5 nitrogen and oxygen atoms in total. The Bertz CT molecular complexity index is 694. The van der Waals surface area contributed by atoms with Crippen molar-refractivity contribution in [2.75, 3.05) is 12.0 Å². The minimum atomic E-state index is -3.66. The van der Waals surface area contributed by atoms with Crippen LogP contribution in [0.3, 0.4) is 0 Å². The van der Waals surface area contributed by atoms with Gasteiger partial charge in [-0.1, -0.05) is 18.5 Å². The molecule has 0 unspecified atom stereocenters. The Morgan fingerprint density at radius 2 is 1.82 bits per heavy atom. The van der Waals surface area contributed by atoms with E-state index in [1.54, 1.807) is 6.07 Å². The van der Waals surface area contributed by atoms with Gasteiger partial charge in [-0.2, -0.15) is 5.26 Å². The highest BCUT2D eigenvalue weighted by molar-refractivity contribution is 7.95. The van der Waals surface area contributed by atoms with Crippen LogP contribution in [0.1, 0.15) is 12.5 Å². The van der Waals surface area contributed by atoms with Crippen molar-refractivity contribution in [2.45, 2.75) is 15.3 Å². The third-order valence-electron chi connectivity index (χ3n) is 1.90. The Hall–Kier alpha value is -0.620. The van der Waals surface area contributed by atoms with Gasteiger partial charge in [0.25, 0.3) is 0 Å². The maximum Gasteiger partial charge on any atom is 0.188 e. The Labute approximate surface area is 108 Å². The molecule has 1 aromatic heterocycles. The van der Waals surface area contributed by atoms with Crippen LogP contribution in [-0.4, -0.2) is 28.8 Å². The topological polar surface area (TPSA) is 92.1 Å². The molecule has 0 aromatic carbocycles. The van der Waals surface area contributed by atoms with Gasteiger partial charge in [-0.3, -0.25) is 0 Å². The first-order valence-electron chi connectivity index (χ1n) is 4.30. The second-order valence-electron chi connectivity index (χ2n) is 3.15. The Morgan fingerprint density at radius 3 is 2.18 bits per heavy atom. The molecule has 1 rings (SSSR count). The molecular formula is C8H8ClNO4S3. The average molecular weight is 314 g/mol. The fourth-order valence-corrected chi connectivity index (χ4v) is 5.72. The van der Waals surface area contributed by atoms with Crippen molar-refractivity contribution in [1.29, 1.82) is 5.26 Å². The molecule has 1 heterocycles. The smallest absolute Gasteiger partial charge is 0.188 e. The predicted octanol–water partition coefficient (Wildman–Crippen LogP) is 1.47. The van der Waals surface area contributed by atoms with E-state index in [1.165, 1.54) is 6.92 Å². The standard InChI is InChI=1S/C8H8ClNO4S3/c1-3-17(13,14)7-5(4-10)6(9)8(15-7)16(2,11)12/h3H2,1-2H3. The highest BCUT2D eigenvalue weighted by Gasteiger charge is 2.29. The maximum absolute atomic E-state index is 11.7. The summed E-state index contributed by atoms with van der Waals surface area (Å²) < 4.78 is 45.5. The number of thiophene rings is 1. The van der Waals surface area contributed by atoms with Gasteiger partial charge in [0.2, 0.25) is 0 Å². The van der Waals surface area contributed by atoms with E-state index in [4.69, 9.17) is 16.9 Å². The van der Waals surface area contributed by atoms with E-state index < -0.39 is 19.7 Å². The van der Waals surface area contributed by atoms with Crippen molar-refractivity contribution in [2.24, 2.45) is 0 Å². The first-order valence-corrected chi connectivity index (χ1v) is 9.04. The normalized spacial score (nSPS) is 12.4.